The number of fused-ring (bicyclic) bond motifs is 12. The van der Waals surface area contributed by atoms with Gasteiger partial charge in [0, 0.05) is 90.0 Å². The second-order valence-corrected chi connectivity index (χ2v) is 35.0. The van der Waals surface area contributed by atoms with Crippen LogP contribution in [-0.4, -0.2) is 213 Å². The molecule has 8 fully saturated rings. The molecule has 16 heterocycles. The Morgan fingerprint density at radius 1 is 0.323 bits per heavy atom. The number of carbonyl (C=O) groups excluding carboxylic acids is 4. The predicted molar refractivity (Wildman–Crippen MR) is 485 cm³/mol. The van der Waals surface area contributed by atoms with Crippen molar-refractivity contribution >= 4 is 67.8 Å². The third-order valence-electron chi connectivity index (χ3n) is 27.0. The molecular weight excluding hydrogens is 1690 g/mol. The zero-order chi connectivity index (χ0) is 90.2. The fourth-order valence-electron chi connectivity index (χ4n) is 21.0. The first-order valence-corrected chi connectivity index (χ1v) is 45.1. The lowest BCUT2D eigenvalue weighted by atomic mass is 9.90. The smallest absolute Gasteiger partial charge is 0.259 e. The first kappa shape index (κ1) is 84.4. The van der Waals surface area contributed by atoms with Crippen LogP contribution in [0.1, 0.15) is 130 Å². The highest BCUT2D eigenvalue weighted by Crippen LogP contribution is 2.48. The number of para-hydroxylation sites is 8. The fourth-order valence-corrected chi connectivity index (χ4v) is 21.0. The summed E-state index contributed by atoms with van der Waals surface area (Å²) in [6, 6.07) is 54.0. The molecule has 8 aromatic carbocycles. The molecule has 8 aliphatic rings. The minimum Gasteiger partial charge on any atom is -0.476 e. The molecule has 12 unspecified atom stereocenters. The second kappa shape index (κ2) is 36.8. The highest BCUT2D eigenvalue weighted by molar-refractivity contribution is 6.02. The molecule has 0 saturated carbocycles. The number of rotatable bonds is 20. The van der Waals surface area contributed by atoms with Crippen molar-refractivity contribution in [2.45, 2.75) is 139 Å². The Balaban J connectivity index is 0.000000107. The van der Waals surface area contributed by atoms with Gasteiger partial charge in [-0.05, 0) is 194 Å². The predicted octanol–water partition coefficient (Wildman–Crippen LogP) is 14.9. The summed E-state index contributed by atoms with van der Waals surface area (Å²) in [5.41, 5.74) is 12.5. The van der Waals surface area contributed by atoms with Gasteiger partial charge in [0.25, 0.3) is 23.6 Å². The second-order valence-electron chi connectivity index (χ2n) is 35.0. The Morgan fingerprint density at radius 3 is 1.05 bits per heavy atom. The van der Waals surface area contributed by atoms with Gasteiger partial charge < -0.3 is 38.5 Å². The highest BCUT2D eigenvalue weighted by atomic mass is 19.1. The van der Waals surface area contributed by atoms with Crippen molar-refractivity contribution in [2.75, 3.05) is 26.4 Å². The number of aromatic nitrogens is 19. The third-order valence-corrected chi connectivity index (χ3v) is 27.0. The van der Waals surface area contributed by atoms with Crippen LogP contribution in [0.5, 0.6) is 23.5 Å². The van der Waals surface area contributed by atoms with Crippen LogP contribution < -0.4 is 18.9 Å². The number of hydrogen-bond acceptors (Lipinski definition) is 24. The standard InChI is InChI=1S/C27H25N5O2.C25H24N6O2.2C24H21FN6O2/c1-17-7-9-20(26-28-11-4-12-29-26)21(13-17)27(33)32-19-8-10-24(32)18(14-19)16-34-25-15-30-22-5-2-3-6-23(22)31-25;1-16-6-8-23(31-27-10-11-28-31)19(12-16)25(32)30-18-7-9-22(30)17(13-18)15-33-24-14-26-20-4-2-3-5-21(20)29-24;25-17-4-3-7-21(31-27-10-11-28-31)23(17)24(32)30-16-8-9-20(30)15(12-16)14-33-22-13-26-18-5-1-2-6-19(18)29-22;25-16-5-7-22(31-27-9-10-28-31)18(12-16)24(32)30-17-6-8-21(30)15(11-17)14-33-23-13-26-19-3-1-2-4-20(19)29-23/h2-7,9,11-13,15,18-19,24H,8,10,14,16H2,1H3;2-6,8,10-12,14,17-18,22H,7,9,13,15H2,1H3;1-7,10-11,13,15-16,20H,8-9,12,14H2;1-5,7,9-10,12-13,15,17,21H,6,8,11,14H2. The van der Waals surface area contributed by atoms with Gasteiger partial charge in [0.15, 0.2) is 5.82 Å². The molecule has 668 valence electrons. The molecule has 8 bridgehead atoms. The third kappa shape index (κ3) is 17.2. The minimum absolute atomic E-state index is 0.00560. The number of amides is 4. The summed E-state index contributed by atoms with van der Waals surface area (Å²) in [6.45, 7) is 5.94. The molecule has 8 aromatic heterocycles. The van der Waals surface area contributed by atoms with Gasteiger partial charge in [-0.1, -0.05) is 83.9 Å². The van der Waals surface area contributed by atoms with Gasteiger partial charge in [-0.25, -0.2) is 58.6 Å². The summed E-state index contributed by atoms with van der Waals surface area (Å²) in [7, 11) is 0. The molecule has 4 amide bonds. The monoisotopic (exact) mass is 1780 g/mol. The average Bonchev–Trinajstić information content (AvgIpc) is 1.62. The van der Waals surface area contributed by atoms with E-state index >= 15 is 0 Å². The highest BCUT2D eigenvalue weighted by Gasteiger charge is 2.54. The Labute approximate surface area is 761 Å². The summed E-state index contributed by atoms with van der Waals surface area (Å²) in [5, 5.41) is 24.9. The first-order chi connectivity index (χ1) is 65.2. The summed E-state index contributed by atoms with van der Waals surface area (Å²) >= 11 is 0. The number of nitrogens with zero attached hydrogens (tertiary/aromatic N) is 23. The maximum atomic E-state index is 14.9. The quantitative estimate of drug-likeness (QED) is 0.0684. The summed E-state index contributed by atoms with van der Waals surface area (Å²) < 4.78 is 53.0. The Kier molecular flexibility index (Phi) is 23.4. The number of halogens is 2. The van der Waals surface area contributed by atoms with Crippen molar-refractivity contribution in [1.29, 1.82) is 0 Å². The molecule has 33 heteroatoms. The summed E-state index contributed by atoms with van der Waals surface area (Å²) in [5.74, 6) is 2.03. The van der Waals surface area contributed by atoms with E-state index in [0.29, 0.717) is 84.0 Å². The molecule has 0 N–H and O–H groups in total. The molecule has 8 aliphatic heterocycles. The fraction of sp³-hybridized carbons (Fsp3) is 0.300. The lowest BCUT2D eigenvalue weighted by molar-refractivity contribution is 0.0697. The van der Waals surface area contributed by atoms with Crippen LogP contribution in [0.2, 0.25) is 0 Å². The number of aryl methyl sites for hydroxylation is 2. The van der Waals surface area contributed by atoms with Crippen molar-refractivity contribution in [3.63, 3.8) is 0 Å². The largest absolute Gasteiger partial charge is 0.476 e. The van der Waals surface area contributed by atoms with Crippen LogP contribution in [0.3, 0.4) is 0 Å². The van der Waals surface area contributed by atoms with Crippen molar-refractivity contribution in [1.82, 2.24) is 114 Å². The van der Waals surface area contributed by atoms with E-state index in [1.54, 1.807) is 73.8 Å². The van der Waals surface area contributed by atoms with Crippen LogP contribution in [0.4, 0.5) is 8.78 Å². The van der Waals surface area contributed by atoms with Gasteiger partial charge in [-0.2, -0.15) is 45.0 Å². The summed E-state index contributed by atoms with van der Waals surface area (Å²) in [4.78, 5) is 111. The van der Waals surface area contributed by atoms with Crippen LogP contribution in [0, 0.1) is 49.2 Å². The molecule has 0 radical (unpaired) electrons. The van der Waals surface area contributed by atoms with Gasteiger partial charge in [0.2, 0.25) is 23.5 Å². The van der Waals surface area contributed by atoms with Crippen molar-refractivity contribution in [3.05, 3.63) is 295 Å². The first-order valence-electron chi connectivity index (χ1n) is 45.1. The Hall–Kier alpha value is -15.4. The Morgan fingerprint density at radius 2 is 0.654 bits per heavy atom. The van der Waals surface area contributed by atoms with E-state index in [2.05, 4.69) is 90.2 Å². The number of carbonyl (C=O) groups is 4. The van der Waals surface area contributed by atoms with Gasteiger partial charge in [0.1, 0.15) is 22.9 Å². The molecule has 0 aliphatic carbocycles. The molecule has 133 heavy (non-hydrogen) atoms. The van der Waals surface area contributed by atoms with Crippen LogP contribution in [0.15, 0.2) is 250 Å². The lowest BCUT2D eigenvalue weighted by Gasteiger charge is -2.25. The molecule has 24 rings (SSSR count). The van der Waals surface area contributed by atoms with E-state index < -0.39 is 11.6 Å². The van der Waals surface area contributed by atoms with Crippen LogP contribution in [0.25, 0.3) is 72.6 Å². The van der Waals surface area contributed by atoms with E-state index in [1.165, 1.54) is 57.4 Å². The van der Waals surface area contributed by atoms with Gasteiger partial charge in [-0.15, -0.1) is 0 Å². The van der Waals surface area contributed by atoms with Crippen molar-refractivity contribution in [3.8, 4) is 52.0 Å². The van der Waals surface area contributed by atoms with E-state index in [1.807, 2.05) is 157 Å². The van der Waals surface area contributed by atoms with E-state index in [9.17, 15) is 28.0 Å². The zero-order valence-corrected chi connectivity index (χ0v) is 72.7. The molecule has 12 atom stereocenters. The SMILES string of the molecule is Cc1ccc(-c2ncccn2)c(C(=O)N2C3CCC2C(COc2cnc4ccccc4n2)C3)c1.Cc1ccc(-n2nccn2)c(C(=O)N2C3CCC2C(COc2cnc4ccccc4n2)C3)c1.O=C(c1c(F)cccc1-n1nccn1)N1C2CCC1C(COc1cnc3ccccc3n1)C2.O=C(c1cc(F)ccc1-n1nccn1)N1C2CCC1C(COc1cnc3ccccc3n1)C2. The van der Waals surface area contributed by atoms with Crippen molar-refractivity contribution < 1.29 is 46.9 Å². The number of hydrogen-bond donors (Lipinski definition) is 0. The van der Waals surface area contributed by atoms with Crippen LogP contribution in [-0.2, 0) is 0 Å². The molecule has 16 aromatic rings. The van der Waals surface area contributed by atoms with Gasteiger partial charge in [-0.3, -0.25) is 19.2 Å². The zero-order valence-electron chi connectivity index (χ0n) is 72.7. The number of benzene rings is 8. The minimum atomic E-state index is -0.569. The van der Waals surface area contributed by atoms with Crippen LogP contribution >= 0.6 is 0 Å². The molecule has 8 saturated heterocycles. The van der Waals surface area contributed by atoms with Crippen molar-refractivity contribution in [2.24, 2.45) is 23.7 Å². The van der Waals surface area contributed by atoms with E-state index in [-0.39, 0.29) is 107 Å². The average molecular weight is 1780 g/mol. The van der Waals surface area contributed by atoms with Gasteiger partial charge in [0.05, 0.1) is 161 Å². The lowest BCUT2D eigenvalue weighted by Crippen LogP contribution is -2.38. The molecule has 0 spiro atoms. The Bertz CT molecular complexity index is 6780. The van der Waals surface area contributed by atoms with Gasteiger partial charge >= 0.3 is 0 Å². The number of ether oxygens (including phenoxy) is 4. The maximum absolute atomic E-state index is 14.9. The maximum Gasteiger partial charge on any atom is 0.259 e. The molecule has 31 nitrogen and oxygen atoms in total. The molecular formula is C100H91F2N23O8. The summed E-state index contributed by atoms with van der Waals surface area (Å²) in [6.07, 6.45) is 30.6. The van der Waals surface area contributed by atoms with E-state index in [0.717, 1.165) is 138 Å². The topological polar surface area (TPSA) is 339 Å². The van der Waals surface area contributed by atoms with E-state index in [4.69, 9.17) is 18.9 Å². The normalized spacial score (nSPS) is 21.5.